The number of hydrogen-bond acceptors (Lipinski definition) is 7. The zero-order valence-electron chi connectivity index (χ0n) is 24.4. The number of nitrogens with one attached hydrogen (secondary N) is 1. The van der Waals surface area contributed by atoms with Crippen LogP contribution >= 0.6 is 15.9 Å². The molecule has 3 aromatic rings. The number of carbonyl (C=O) groups is 1. The number of rotatable bonds is 9. The first kappa shape index (κ1) is 32.1. The summed E-state index contributed by atoms with van der Waals surface area (Å²) in [7, 11) is -2.55. The van der Waals surface area contributed by atoms with Gasteiger partial charge in [0.15, 0.2) is 5.75 Å². The maximum absolute atomic E-state index is 12.6. The van der Waals surface area contributed by atoms with Gasteiger partial charge in [0.05, 0.1) is 17.8 Å². The SMILES string of the molecule is COc1ccc(S(=O)(=O)Oc2ccc(/C=N\NC(=O)CCc3cc(C(C)(C)C)c(O)c(C(C)(C)C)c3)cc2Br)cc1. The second-order valence-electron chi connectivity index (χ2n) is 11.7. The molecule has 41 heavy (non-hydrogen) atoms. The Labute approximate surface area is 251 Å². The summed E-state index contributed by atoms with van der Waals surface area (Å²) >= 11 is 3.33. The van der Waals surface area contributed by atoms with Gasteiger partial charge in [0.1, 0.15) is 16.4 Å². The molecule has 3 aromatic carbocycles. The van der Waals surface area contributed by atoms with Gasteiger partial charge in [-0.15, -0.1) is 0 Å². The summed E-state index contributed by atoms with van der Waals surface area (Å²) in [6.07, 6.45) is 2.17. The van der Waals surface area contributed by atoms with E-state index in [1.165, 1.54) is 43.7 Å². The smallest absolute Gasteiger partial charge is 0.339 e. The summed E-state index contributed by atoms with van der Waals surface area (Å²) in [6, 6.07) is 14.6. The first-order valence-corrected chi connectivity index (χ1v) is 15.3. The van der Waals surface area contributed by atoms with Gasteiger partial charge >= 0.3 is 10.1 Å². The molecular weight excluding hydrogens is 608 g/mol. The van der Waals surface area contributed by atoms with E-state index in [2.05, 4.69) is 68.0 Å². The van der Waals surface area contributed by atoms with Gasteiger partial charge < -0.3 is 14.0 Å². The van der Waals surface area contributed by atoms with E-state index in [0.29, 0.717) is 28.0 Å². The van der Waals surface area contributed by atoms with Crippen LogP contribution < -0.4 is 14.3 Å². The van der Waals surface area contributed by atoms with Crippen molar-refractivity contribution < 1.29 is 27.2 Å². The average Bonchev–Trinajstić information content (AvgIpc) is 2.88. The minimum absolute atomic E-state index is 0.00452. The van der Waals surface area contributed by atoms with Crippen molar-refractivity contribution in [3.63, 3.8) is 0 Å². The molecule has 0 bridgehead atoms. The predicted molar refractivity (Wildman–Crippen MR) is 165 cm³/mol. The van der Waals surface area contributed by atoms with Gasteiger partial charge in [-0.05, 0) is 97.9 Å². The fraction of sp³-hybridized carbons (Fsp3) is 0.355. The number of halogens is 1. The van der Waals surface area contributed by atoms with Crippen molar-refractivity contribution >= 4 is 38.2 Å². The number of phenols is 1. The Hall–Kier alpha value is -3.37. The minimum Gasteiger partial charge on any atom is -0.507 e. The molecular formula is C31H37BrN2O6S. The van der Waals surface area contributed by atoms with Crippen LogP contribution in [0.2, 0.25) is 0 Å². The van der Waals surface area contributed by atoms with Gasteiger partial charge in [0, 0.05) is 6.42 Å². The molecule has 10 heteroatoms. The van der Waals surface area contributed by atoms with E-state index >= 15 is 0 Å². The normalized spacial score (nSPS) is 12.4. The fourth-order valence-electron chi connectivity index (χ4n) is 4.05. The number of ether oxygens (including phenoxy) is 1. The number of hydrogen-bond donors (Lipinski definition) is 2. The first-order valence-electron chi connectivity index (χ1n) is 13.1. The second-order valence-corrected chi connectivity index (χ2v) is 14.1. The van der Waals surface area contributed by atoms with Crippen LogP contribution in [-0.4, -0.2) is 32.8 Å². The molecule has 0 atom stereocenters. The summed E-state index contributed by atoms with van der Waals surface area (Å²) in [6.45, 7) is 12.3. The molecule has 3 rings (SSSR count). The number of benzene rings is 3. The molecule has 0 unspecified atom stereocenters. The Morgan fingerprint density at radius 3 is 2.07 bits per heavy atom. The molecule has 0 aliphatic rings. The molecule has 2 N–H and O–H groups in total. The number of methoxy groups -OCH3 is 1. The van der Waals surface area contributed by atoms with Crippen LogP contribution in [0.4, 0.5) is 0 Å². The number of carbonyl (C=O) groups excluding carboxylic acids is 1. The topological polar surface area (TPSA) is 114 Å². The van der Waals surface area contributed by atoms with Crippen molar-refractivity contribution in [3.05, 3.63) is 81.3 Å². The number of nitrogens with zero attached hydrogens (tertiary/aromatic N) is 1. The van der Waals surface area contributed by atoms with Crippen LogP contribution in [0, 0.1) is 0 Å². The van der Waals surface area contributed by atoms with Gasteiger partial charge in [-0.3, -0.25) is 4.79 Å². The quantitative estimate of drug-likeness (QED) is 0.154. The standard InChI is InChI=1S/C31H37BrN2O6S/c1-30(2,3)24-16-20(17-25(29(24)36)31(4,5)6)9-15-28(35)34-33-19-21-8-14-27(26(32)18-21)40-41(37,38)23-12-10-22(39-7)11-13-23/h8,10-14,16-19,36H,9,15H2,1-7H3,(H,34,35)/b33-19-. The lowest BCUT2D eigenvalue weighted by atomic mass is 9.78. The Bertz CT molecular complexity index is 1500. The van der Waals surface area contributed by atoms with Crippen molar-refractivity contribution in [2.75, 3.05) is 7.11 Å². The maximum Gasteiger partial charge on any atom is 0.339 e. The largest absolute Gasteiger partial charge is 0.507 e. The molecule has 0 aliphatic carbocycles. The van der Waals surface area contributed by atoms with Crippen LogP contribution in [0.1, 0.15) is 70.2 Å². The summed E-state index contributed by atoms with van der Waals surface area (Å²) in [5.74, 6) is 0.697. The molecule has 0 saturated carbocycles. The van der Waals surface area contributed by atoms with Gasteiger partial charge in [-0.1, -0.05) is 53.7 Å². The monoisotopic (exact) mass is 644 g/mol. The Balaban J connectivity index is 1.63. The lowest BCUT2D eigenvalue weighted by molar-refractivity contribution is -0.121. The summed E-state index contributed by atoms with van der Waals surface area (Å²) in [5.41, 5.74) is 5.34. The molecule has 1 amide bonds. The van der Waals surface area contributed by atoms with Gasteiger partial charge in [-0.25, -0.2) is 5.43 Å². The number of aryl methyl sites for hydroxylation is 1. The predicted octanol–water partition coefficient (Wildman–Crippen LogP) is 6.61. The summed E-state index contributed by atoms with van der Waals surface area (Å²) < 4.78 is 36.0. The molecule has 0 heterocycles. The van der Waals surface area contributed by atoms with E-state index in [0.717, 1.165) is 16.7 Å². The Kier molecular flexibility index (Phi) is 9.92. The van der Waals surface area contributed by atoms with Gasteiger partial charge in [0.2, 0.25) is 5.91 Å². The molecule has 0 fully saturated rings. The van der Waals surface area contributed by atoms with Crippen LogP contribution in [0.3, 0.4) is 0 Å². The lowest BCUT2D eigenvalue weighted by Gasteiger charge is -2.28. The third kappa shape index (κ3) is 8.56. The third-order valence-electron chi connectivity index (χ3n) is 6.33. The highest BCUT2D eigenvalue weighted by Crippen LogP contribution is 2.40. The number of phenolic OH excluding ortho intramolecular Hbond substituents is 1. The maximum atomic E-state index is 12.6. The van der Waals surface area contributed by atoms with Crippen molar-refractivity contribution in [2.24, 2.45) is 5.10 Å². The third-order valence-corrected chi connectivity index (χ3v) is 8.20. The number of aromatic hydroxyl groups is 1. The van der Waals surface area contributed by atoms with Crippen molar-refractivity contribution in [1.82, 2.24) is 5.43 Å². The summed E-state index contributed by atoms with van der Waals surface area (Å²) in [4.78, 5) is 12.5. The van der Waals surface area contributed by atoms with Crippen LogP contribution in [0.5, 0.6) is 17.2 Å². The Morgan fingerprint density at radius 1 is 0.976 bits per heavy atom. The summed E-state index contributed by atoms with van der Waals surface area (Å²) in [5, 5.41) is 14.9. The number of amides is 1. The zero-order valence-corrected chi connectivity index (χ0v) is 26.8. The minimum atomic E-state index is -4.05. The van der Waals surface area contributed by atoms with Gasteiger partial charge in [0.25, 0.3) is 0 Å². The van der Waals surface area contributed by atoms with Crippen molar-refractivity contribution in [1.29, 1.82) is 0 Å². The van der Waals surface area contributed by atoms with Crippen LogP contribution in [0.15, 0.2) is 69.1 Å². The average molecular weight is 646 g/mol. The molecule has 0 aliphatic heterocycles. The van der Waals surface area contributed by atoms with E-state index in [-0.39, 0.29) is 33.8 Å². The van der Waals surface area contributed by atoms with Crippen molar-refractivity contribution in [3.8, 4) is 17.2 Å². The highest BCUT2D eigenvalue weighted by atomic mass is 79.9. The molecule has 0 saturated heterocycles. The van der Waals surface area contributed by atoms with E-state index in [9.17, 15) is 18.3 Å². The van der Waals surface area contributed by atoms with Crippen molar-refractivity contribution in [2.45, 2.75) is 70.1 Å². The fourth-order valence-corrected chi connectivity index (χ4v) is 5.58. The van der Waals surface area contributed by atoms with E-state index in [1.54, 1.807) is 12.1 Å². The molecule has 0 radical (unpaired) electrons. The van der Waals surface area contributed by atoms with E-state index < -0.39 is 10.1 Å². The second kappa shape index (κ2) is 12.7. The molecule has 8 nitrogen and oxygen atoms in total. The molecule has 220 valence electrons. The van der Waals surface area contributed by atoms with Crippen LogP contribution in [0.25, 0.3) is 0 Å². The number of hydrazone groups is 1. The van der Waals surface area contributed by atoms with E-state index in [1.807, 2.05) is 12.1 Å². The zero-order chi connectivity index (χ0) is 30.6. The van der Waals surface area contributed by atoms with Crippen LogP contribution in [-0.2, 0) is 32.2 Å². The highest BCUT2D eigenvalue weighted by molar-refractivity contribution is 9.10. The van der Waals surface area contributed by atoms with Gasteiger partial charge in [-0.2, -0.15) is 13.5 Å². The molecule has 0 spiro atoms. The molecule has 0 aromatic heterocycles. The first-order chi connectivity index (χ1) is 19.0. The lowest BCUT2D eigenvalue weighted by Crippen LogP contribution is -2.20. The highest BCUT2D eigenvalue weighted by Gasteiger charge is 2.26. The van der Waals surface area contributed by atoms with E-state index in [4.69, 9.17) is 8.92 Å². The Morgan fingerprint density at radius 2 is 1.56 bits per heavy atom.